The monoisotopic (exact) mass is 341 g/mol. The van der Waals surface area contributed by atoms with Gasteiger partial charge in [-0.25, -0.2) is 0 Å². The summed E-state index contributed by atoms with van der Waals surface area (Å²) in [6, 6.07) is 14.6. The Labute approximate surface area is 145 Å². The van der Waals surface area contributed by atoms with Crippen molar-refractivity contribution in [2.45, 2.75) is 51.2 Å². The molecule has 1 aromatic carbocycles. The molecule has 0 bridgehead atoms. The molecule has 0 spiro atoms. The predicted octanol–water partition coefficient (Wildman–Crippen LogP) is 4.21. The van der Waals surface area contributed by atoms with Crippen LogP contribution in [0.4, 0.5) is 0 Å². The zero-order chi connectivity index (χ0) is 17.0. The third-order valence-corrected chi connectivity index (χ3v) is 8.16. The molecule has 0 unspecified atom stereocenters. The molecule has 3 nitrogen and oxygen atoms in total. The van der Waals surface area contributed by atoms with Gasteiger partial charge in [-0.1, -0.05) is 67.9 Å². The second kappa shape index (κ2) is 7.39. The molecule has 0 saturated heterocycles. The summed E-state index contributed by atoms with van der Waals surface area (Å²) < 4.78 is 5.41. The predicted molar refractivity (Wildman–Crippen MR) is 100 cm³/mol. The largest absolute Gasteiger partial charge is 0.459 e. The van der Waals surface area contributed by atoms with Gasteiger partial charge >= 0.3 is 0 Å². The van der Waals surface area contributed by atoms with Gasteiger partial charge in [-0.05, 0) is 25.0 Å². The van der Waals surface area contributed by atoms with Crippen molar-refractivity contribution in [3.63, 3.8) is 0 Å². The fraction of sp³-hybridized carbons (Fsp3) is 0.450. The van der Waals surface area contributed by atoms with Crippen molar-refractivity contribution < 1.29 is 9.21 Å². The van der Waals surface area contributed by atoms with E-state index in [0.29, 0.717) is 11.8 Å². The molecule has 1 aromatic heterocycles. The fourth-order valence-electron chi connectivity index (χ4n) is 3.71. The average molecular weight is 342 g/mol. The van der Waals surface area contributed by atoms with E-state index < -0.39 is 8.07 Å². The lowest BCUT2D eigenvalue weighted by Gasteiger charge is -2.38. The molecule has 0 radical (unpaired) electrons. The second-order valence-electron chi connectivity index (χ2n) is 7.45. The van der Waals surface area contributed by atoms with Gasteiger partial charge in [0.2, 0.25) is 0 Å². The Morgan fingerprint density at radius 1 is 1.08 bits per heavy atom. The van der Waals surface area contributed by atoms with Crippen LogP contribution in [0.2, 0.25) is 13.1 Å². The van der Waals surface area contributed by atoms with Crippen LogP contribution in [0.3, 0.4) is 0 Å². The molecule has 3 rings (SSSR count). The maximum absolute atomic E-state index is 13.1. The highest BCUT2D eigenvalue weighted by Crippen LogP contribution is 2.25. The SMILES string of the molecule is C[Si](C)(CN(C(=O)c1ccco1)C1CCCCC1)c1ccccc1. The lowest BCUT2D eigenvalue weighted by molar-refractivity contribution is 0.0641. The summed E-state index contributed by atoms with van der Waals surface area (Å²) in [4.78, 5) is 15.2. The number of rotatable bonds is 5. The van der Waals surface area contributed by atoms with Gasteiger partial charge in [0.05, 0.1) is 6.26 Å². The van der Waals surface area contributed by atoms with E-state index in [-0.39, 0.29) is 5.91 Å². The number of benzene rings is 1. The molecule has 1 saturated carbocycles. The third kappa shape index (κ3) is 3.81. The normalized spacial score (nSPS) is 16.1. The van der Waals surface area contributed by atoms with Gasteiger partial charge in [-0.2, -0.15) is 0 Å². The highest BCUT2D eigenvalue weighted by Gasteiger charge is 2.34. The van der Waals surface area contributed by atoms with E-state index in [1.807, 2.05) is 0 Å². The minimum Gasteiger partial charge on any atom is -0.459 e. The average Bonchev–Trinajstić information content (AvgIpc) is 3.15. The number of carbonyl (C=O) groups excluding carboxylic acids is 1. The minimum absolute atomic E-state index is 0.0587. The van der Waals surface area contributed by atoms with Crippen LogP contribution >= 0.6 is 0 Å². The topological polar surface area (TPSA) is 33.5 Å². The summed E-state index contributed by atoms with van der Waals surface area (Å²) in [7, 11) is -1.74. The van der Waals surface area contributed by atoms with Crippen molar-refractivity contribution in [1.29, 1.82) is 0 Å². The summed E-state index contributed by atoms with van der Waals surface area (Å²) in [5.41, 5.74) is 0. The molecule has 0 aliphatic heterocycles. The number of amides is 1. The van der Waals surface area contributed by atoms with E-state index in [4.69, 9.17) is 4.42 Å². The number of hydrogen-bond donors (Lipinski definition) is 0. The lowest BCUT2D eigenvalue weighted by atomic mass is 9.94. The third-order valence-electron chi connectivity index (χ3n) is 5.13. The maximum atomic E-state index is 13.1. The quantitative estimate of drug-likeness (QED) is 0.763. The van der Waals surface area contributed by atoms with Gasteiger partial charge in [-0.3, -0.25) is 4.79 Å². The molecule has 1 aliphatic carbocycles. The van der Waals surface area contributed by atoms with Crippen LogP contribution in [-0.2, 0) is 0 Å². The first-order chi connectivity index (χ1) is 11.6. The Hall–Kier alpha value is -1.81. The van der Waals surface area contributed by atoms with Gasteiger partial charge < -0.3 is 9.32 Å². The molecule has 4 heteroatoms. The first-order valence-corrected chi connectivity index (χ1v) is 12.2. The summed E-state index contributed by atoms with van der Waals surface area (Å²) in [5.74, 6) is 0.529. The van der Waals surface area contributed by atoms with Gasteiger partial charge in [0, 0.05) is 12.2 Å². The molecule has 0 atom stereocenters. The molecule has 1 heterocycles. The highest BCUT2D eigenvalue weighted by atomic mass is 28.3. The van der Waals surface area contributed by atoms with Crippen LogP contribution in [0.5, 0.6) is 0 Å². The summed E-state index contributed by atoms with van der Waals surface area (Å²) in [6.45, 7) is 4.71. The molecule has 1 aliphatic rings. The maximum Gasteiger partial charge on any atom is 0.289 e. The van der Waals surface area contributed by atoms with E-state index in [1.54, 1.807) is 18.4 Å². The van der Waals surface area contributed by atoms with Crippen molar-refractivity contribution in [3.05, 3.63) is 54.5 Å². The van der Waals surface area contributed by atoms with E-state index in [2.05, 4.69) is 48.3 Å². The summed E-state index contributed by atoms with van der Waals surface area (Å²) >= 11 is 0. The second-order valence-corrected chi connectivity index (χ2v) is 12.1. The number of hydrogen-bond acceptors (Lipinski definition) is 2. The van der Waals surface area contributed by atoms with Crippen molar-refractivity contribution in [3.8, 4) is 0 Å². The van der Waals surface area contributed by atoms with E-state index in [1.165, 1.54) is 24.4 Å². The van der Waals surface area contributed by atoms with Gasteiger partial charge in [0.25, 0.3) is 5.91 Å². The van der Waals surface area contributed by atoms with E-state index in [0.717, 1.165) is 19.0 Å². The summed E-state index contributed by atoms with van der Waals surface area (Å²) in [5, 5.41) is 1.40. The Kier molecular flexibility index (Phi) is 5.24. The van der Waals surface area contributed by atoms with Crippen molar-refractivity contribution in [2.24, 2.45) is 0 Å². The molecule has 0 N–H and O–H groups in total. The van der Waals surface area contributed by atoms with Crippen LogP contribution in [-0.4, -0.2) is 31.1 Å². The van der Waals surface area contributed by atoms with Crippen molar-refractivity contribution >= 4 is 19.2 Å². The lowest BCUT2D eigenvalue weighted by Crippen LogP contribution is -2.56. The molecular weight excluding hydrogens is 314 g/mol. The highest BCUT2D eigenvalue weighted by molar-refractivity contribution is 6.90. The standard InChI is InChI=1S/C20H27NO2Si/c1-24(2,18-12-7-4-8-13-18)16-21(17-10-5-3-6-11-17)20(22)19-14-9-15-23-19/h4,7-9,12-15,17H,3,5-6,10-11,16H2,1-2H3. The molecule has 1 amide bonds. The van der Waals surface area contributed by atoms with Gasteiger partial charge in [0.15, 0.2) is 5.76 Å². The van der Waals surface area contributed by atoms with Gasteiger partial charge in [-0.15, -0.1) is 0 Å². The van der Waals surface area contributed by atoms with Crippen LogP contribution in [0.1, 0.15) is 42.7 Å². The smallest absolute Gasteiger partial charge is 0.289 e. The first-order valence-electron chi connectivity index (χ1n) is 8.98. The van der Waals surface area contributed by atoms with Crippen LogP contribution in [0.15, 0.2) is 53.1 Å². The van der Waals surface area contributed by atoms with Crippen LogP contribution < -0.4 is 5.19 Å². The number of furan rings is 1. The molecule has 128 valence electrons. The Morgan fingerprint density at radius 3 is 2.42 bits per heavy atom. The Bertz CT molecular complexity index is 646. The zero-order valence-electron chi connectivity index (χ0n) is 14.7. The van der Waals surface area contributed by atoms with Crippen molar-refractivity contribution in [2.75, 3.05) is 6.17 Å². The Morgan fingerprint density at radius 2 is 1.79 bits per heavy atom. The summed E-state index contributed by atoms with van der Waals surface area (Å²) in [6.07, 6.45) is 8.41. The number of nitrogens with zero attached hydrogens (tertiary/aromatic N) is 1. The van der Waals surface area contributed by atoms with Gasteiger partial charge in [0.1, 0.15) is 8.07 Å². The number of carbonyl (C=O) groups is 1. The molecule has 2 aromatic rings. The Balaban J connectivity index is 1.85. The minimum atomic E-state index is -1.74. The fourth-order valence-corrected chi connectivity index (χ4v) is 6.24. The van der Waals surface area contributed by atoms with Crippen molar-refractivity contribution in [1.82, 2.24) is 4.90 Å². The zero-order valence-corrected chi connectivity index (χ0v) is 15.7. The molecular formula is C20H27NO2Si. The van der Waals surface area contributed by atoms with Crippen LogP contribution in [0, 0.1) is 0 Å². The first kappa shape index (κ1) is 17.0. The van der Waals surface area contributed by atoms with Crippen LogP contribution in [0.25, 0.3) is 0 Å². The van der Waals surface area contributed by atoms with E-state index >= 15 is 0 Å². The molecule has 1 fully saturated rings. The molecule has 24 heavy (non-hydrogen) atoms. The van der Waals surface area contributed by atoms with E-state index in [9.17, 15) is 4.79 Å².